The van der Waals surface area contributed by atoms with Crippen LogP contribution in [-0.2, 0) is 9.53 Å². The number of anilines is 1. The second kappa shape index (κ2) is 9.41. The van der Waals surface area contributed by atoms with E-state index in [1.807, 2.05) is 12.3 Å². The summed E-state index contributed by atoms with van der Waals surface area (Å²) in [6, 6.07) is 10.0. The van der Waals surface area contributed by atoms with Crippen molar-refractivity contribution in [1.29, 1.82) is 0 Å². The van der Waals surface area contributed by atoms with E-state index >= 15 is 0 Å². The summed E-state index contributed by atoms with van der Waals surface area (Å²) in [5, 5.41) is 4.93. The Morgan fingerprint density at radius 2 is 2.06 bits per heavy atom. The topological polar surface area (TPSA) is 114 Å². The lowest BCUT2D eigenvalue weighted by atomic mass is 10.2. The number of furan rings is 1. The fourth-order valence-electron chi connectivity index (χ4n) is 3.06. The summed E-state index contributed by atoms with van der Waals surface area (Å²) in [5.41, 5.74) is 1.46. The summed E-state index contributed by atoms with van der Waals surface area (Å²) < 4.78 is 10.1. The number of amides is 1. The Balaban J connectivity index is 1.40. The van der Waals surface area contributed by atoms with Crippen molar-refractivity contribution >= 4 is 50.9 Å². The largest absolute Gasteiger partial charge is 0.465 e. The second-order valence-corrected chi connectivity index (χ2v) is 9.02. The molecule has 10 heteroatoms. The van der Waals surface area contributed by atoms with Crippen molar-refractivity contribution in [3.05, 3.63) is 69.8 Å². The average molecular weight is 470 g/mol. The van der Waals surface area contributed by atoms with Gasteiger partial charge in [-0.1, -0.05) is 0 Å². The molecular weight excluding hydrogens is 450 g/mol. The summed E-state index contributed by atoms with van der Waals surface area (Å²) in [5.74, 6) is 0.662. The van der Waals surface area contributed by atoms with E-state index in [0.717, 1.165) is 0 Å². The predicted octanol–water partition coefficient (Wildman–Crippen LogP) is 4.46. The van der Waals surface area contributed by atoms with Crippen molar-refractivity contribution in [3.63, 3.8) is 0 Å². The number of nitrogens with one attached hydrogen (secondary N) is 2. The SMILES string of the molecule is COC(=O)c1ccc(NC(=O)CSC(C)c2nc3scc(-c4ccco4)c3c(=O)[nH]2)cc1. The third-order valence-corrected chi connectivity index (χ3v) is 6.71. The number of thiophene rings is 1. The fourth-order valence-corrected chi connectivity index (χ4v) is 4.73. The van der Waals surface area contributed by atoms with Crippen LogP contribution < -0.4 is 10.9 Å². The second-order valence-electron chi connectivity index (χ2n) is 6.83. The summed E-state index contributed by atoms with van der Waals surface area (Å²) in [4.78, 5) is 44.5. The molecule has 0 radical (unpaired) electrons. The fraction of sp³-hybridized carbons (Fsp3) is 0.182. The van der Waals surface area contributed by atoms with E-state index < -0.39 is 5.97 Å². The van der Waals surface area contributed by atoms with Gasteiger partial charge in [-0.15, -0.1) is 23.1 Å². The molecule has 0 fully saturated rings. The van der Waals surface area contributed by atoms with Crippen LogP contribution in [-0.4, -0.2) is 34.7 Å². The number of hydrogen-bond donors (Lipinski definition) is 2. The summed E-state index contributed by atoms with van der Waals surface area (Å²) in [6.45, 7) is 1.88. The Kier molecular flexibility index (Phi) is 6.42. The maximum absolute atomic E-state index is 12.7. The molecule has 0 spiro atoms. The van der Waals surface area contributed by atoms with Gasteiger partial charge < -0.3 is 19.5 Å². The number of carbonyl (C=O) groups is 2. The minimum absolute atomic E-state index is 0.170. The minimum Gasteiger partial charge on any atom is -0.465 e. The van der Waals surface area contributed by atoms with Gasteiger partial charge in [-0.05, 0) is 43.3 Å². The number of thioether (sulfide) groups is 1. The molecule has 2 N–H and O–H groups in total. The average Bonchev–Trinajstić information content (AvgIpc) is 3.47. The lowest BCUT2D eigenvalue weighted by Gasteiger charge is -2.11. The Hall–Kier alpha value is -3.37. The number of aromatic nitrogens is 2. The van der Waals surface area contributed by atoms with Gasteiger partial charge in [-0.25, -0.2) is 9.78 Å². The van der Waals surface area contributed by atoms with Crippen molar-refractivity contribution < 1.29 is 18.7 Å². The molecule has 0 saturated carbocycles. The third-order valence-electron chi connectivity index (χ3n) is 4.69. The van der Waals surface area contributed by atoms with Gasteiger partial charge in [0.05, 0.1) is 35.3 Å². The lowest BCUT2D eigenvalue weighted by molar-refractivity contribution is -0.113. The Morgan fingerprint density at radius 1 is 1.28 bits per heavy atom. The third kappa shape index (κ3) is 4.61. The molecule has 0 bridgehead atoms. The Morgan fingerprint density at radius 3 is 2.75 bits per heavy atom. The lowest BCUT2D eigenvalue weighted by Crippen LogP contribution is -2.16. The number of H-pyrrole nitrogens is 1. The molecular formula is C22H19N3O5S2. The van der Waals surface area contributed by atoms with Gasteiger partial charge in [0.2, 0.25) is 5.91 Å². The molecule has 164 valence electrons. The number of methoxy groups -OCH3 is 1. The number of hydrogen-bond acceptors (Lipinski definition) is 8. The number of benzene rings is 1. The summed E-state index contributed by atoms with van der Waals surface area (Å²) >= 11 is 2.73. The Labute approximate surface area is 191 Å². The number of ether oxygens (including phenoxy) is 1. The first-order valence-corrected chi connectivity index (χ1v) is 11.5. The number of nitrogens with zero attached hydrogens (tertiary/aromatic N) is 1. The number of esters is 1. The molecule has 3 heterocycles. The maximum atomic E-state index is 12.7. The molecule has 1 amide bonds. The first-order chi connectivity index (χ1) is 15.5. The highest BCUT2D eigenvalue weighted by molar-refractivity contribution is 8.00. The van der Waals surface area contributed by atoms with Crippen LogP contribution in [0.25, 0.3) is 21.5 Å². The molecule has 1 aromatic carbocycles. The molecule has 32 heavy (non-hydrogen) atoms. The van der Waals surface area contributed by atoms with Crippen LogP contribution in [0.2, 0.25) is 0 Å². The maximum Gasteiger partial charge on any atom is 0.337 e. The first-order valence-electron chi connectivity index (χ1n) is 9.61. The van der Waals surface area contributed by atoms with E-state index in [1.165, 1.54) is 30.2 Å². The van der Waals surface area contributed by atoms with Crippen molar-refractivity contribution in [3.8, 4) is 11.3 Å². The molecule has 0 saturated heterocycles. The van der Waals surface area contributed by atoms with Crippen LogP contribution in [0.15, 0.2) is 57.3 Å². The van der Waals surface area contributed by atoms with Gasteiger partial charge >= 0.3 is 5.97 Å². The number of rotatable bonds is 7. The standard InChI is InChI=1S/C22H19N3O5S2/c1-12(31-11-17(26)23-14-7-5-13(6-8-14)22(28)29-2)19-24-20(27)18-15(10-32-21(18)25-19)16-4-3-9-30-16/h3-10,12H,11H2,1-2H3,(H,23,26)(H,24,25,27). The molecule has 1 unspecified atom stereocenters. The zero-order chi connectivity index (χ0) is 22.7. The highest BCUT2D eigenvalue weighted by Gasteiger charge is 2.18. The number of aromatic amines is 1. The number of fused-ring (bicyclic) bond motifs is 1. The zero-order valence-corrected chi connectivity index (χ0v) is 18.8. The van der Waals surface area contributed by atoms with Crippen LogP contribution >= 0.6 is 23.1 Å². The predicted molar refractivity (Wildman–Crippen MR) is 125 cm³/mol. The highest BCUT2D eigenvalue weighted by Crippen LogP contribution is 2.33. The van der Waals surface area contributed by atoms with E-state index in [-0.39, 0.29) is 22.5 Å². The van der Waals surface area contributed by atoms with Gasteiger partial charge in [0.25, 0.3) is 5.56 Å². The van der Waals surface area contributed by atoms with E-state index in [1.54, 1.807) is 42.7 Å². The normalized spacial score (nSPS) is 11.9. The van der Waals surface area contributed by atoms with Gasteiger partial charge in [0.1, 0.15) is 16.4 Å². The van der Waals surface area contributed by atoms with Crippen molar-refractivity contribution in [2.24, 2.45) is 0 Å². The zero-order valence-electron chi connectivity index (χ0n) is 17.2. The first kappa shape index (κ1) is 21.8. The van der Waals surface area contributed by atoms with Gasteiger partial charge in [0.15, 0.2) is 0 Å². The molecule has 4 aromatic rings. The van der Waals surface area contributed by atoms with Crippen LogP contribution in [0.5, 0.6) is 0 Å². The molecule has 0 aliphatic rings. The summed E-state index contributed by atoms with van der Waals surface area (Å²) in [6.07, 6.45) is 1.56. The number of carbonyl (C=O) groups excluding carboxylic acids is 2. The van der Waals surface area contributed by atoms with Crippen LogP contribution in [0.1, 0.15) is 28.4 Å². The van der Waals surface area contributed by atoms with E-state index in [0.29, 0.717) is 38.6 Å². The minimum atomic E-state index is -0.437. The van der Waals surface area contributed by atoms with Crippen LogP contribution in [0, 0.1) is 0 Å². The molecule has 8 nitrogen and oxygen atoms in total. The van der Waals surface area contributed by atoms with E-state index in [9.17, 15) is 14.4 Å². The van der Waals surface area contributed by atoms with Crippen LogP contribution in [0.4, 0.5) is 5.69 Å². The van der Waals surface area contributed by atoms with Crippen LogP contribution in [0.3, 0.4) is 0 Å². The van der Waals surface area contributed by atoms with Gasteiger partial charge in [0, 0.05) is 16.6 Å². The molecule has 4 rings (SSSR count). The van der Waals surface area contributed by atoms with Gasteiger partial charge in [-0.2, -0.15) is 0 Å². The highest BCUT2D eigenvalue weighted by atomic mass is 32.2. The van der Waals surface area contributed by atoms with Gasteiger partial charge in [-0.3, -0.25) is 9.59 Å². The molecule has 0 aliphatic carbocycles. The van der Waals surface area contributed by atoms with E-state index in [4.69, 9.17) is 4.42 Å². The molecule has 1 atom stereocenters. The van der Waals surface area contributed by atoms with Crippen molar-refractivity contribution in [2.45, 2.75) is 12.2 Å². The Bertz CT molecular complexity index is 1310. The quantitative estimate of drug-likeness (QED) is 0.384. The van der Waals surface area contributed by atoms with Crippen molar-refractivity contribution in [2.75, 3.05) is 18.2 Å². The van der Waals surface area contributed by atoms with Crippen molar-refractivity contribution in [1.82, 2.24) is 9.97 Å². The molecule has 3 aromatic heterocycles. The monoisotopic (exact) mass is 469 g/mol. The smallest absolute Gasteiger partial charge is 0.337 e. The molecule has 0 aliphatic heterocycles. The summed E-state index contributed by atoms with van der Waals surface area (Å²) in [7, 11) is 1.31. The van der Waals surface area contributed by atoms with E-state index in [2.05, 4.69) is 20.0 Å².